The molecule has 0 bridgehead atoms. The van der Waals surface area contributed by atoms with Crippen LogP contribution < -0.4 is 9.64 Å². The van der Waals surface area contributed by atoms with Crippen molar-refractivity contribution in [3.05, 3.63) is 88.2 Å². The Morgan fingerprint density at radius 3 is 2.28 bits per heavy atom. The molecule has 5 nitrogen and oxygen atoms in total. The fourth-order valence-corrected chi connectivity index (χ4v) is 4.18. The third-order valence-electron chi connectivity index (χ3n) is 4.80. The third kappa shape index (κ3) is 3.54. The molecule has 0 radical (unpaired) electrons. The fourth-order valence-electron chi connectivity index (χ4n) is 3.42. The van der Waals surface area contributed by atoms with Crippen LogP contribution in [0.3, 0.4) is 0 Å². The van der Waals surface area contributed by atoms with Crippen molar-refractivity contribution < 1.29 is 14.3 Å². The summed E-state index contributed by atoms with van der Waals surface area (Å²) in [5.74, 6) is 0.0419. The van der Waals surface area contributed by atoms with Crippen molar-refractivity contribution in [1.82, 2.24) is 4.90 Å². The van der Waals surface area contributed by atoms with E-state index in [0.717, 1.165) is 10.4 Å². The van der Waals surface area contributed by atoms with Crippen molar-refractivity contribution in [2.45, 2.75) is 6.54 Å². The highest BCUT2D eigenvalue weighted by Crippen LogP contribution is 2.36. The van der Waals surface area contributed by atoms with Crippen LogP contribution in [-0.2, 0) is 16.1 Å². The van der Waals surface area contributed by atoms with Gasteiger partial charge in [0, 0.05) is 18.5 Å². The lowest BCUT2D eigenvalue weighted by Crippen LogP contribution is -2.34. The number of thiophene rings is 1. The SMILES string of the molecule is COc1ccc(N2C(=O)C(c3cccs3)=C(N(C)Cc3ccccc3)C2=O)cc1. The van der Waals surface area contributed by atoms with E-state index in [9.17, 15) is 9.59 Å². The summed E-state index contributed by atoms with van der Waals surface area (Å²) < 4.78 is 5.19. The highest BCUT2D eigenvalue weighted by Gasteiger charge is 2.42. The highest BCUT2D eigenvalue weighted by molar-refractivity contribution is 7.11. The molecule has 1 aliphatic rings. The molecule has 2 aromatic carbocycles. The Hall–Kier alpha value is -3.38. The molecule has 6 heteroatoms. The van der Waals surface area contributed by atoms with Crippen LogP contribution in [0.1, 0.15) is 10.4 Å². The normalized spacial score (nSPS) is 13.9. The summed E-state index contributed by atoms with van der Waals surface area (Å²) in [4.78, 5) is 30.6. The molecule has 0 saturated carbocycles. The number of nitrogens with zero attached hydrogens (tertiary/aromatic N) is 2. The maximum absolute atomic E-state index is 13.4. The van der Waals surface area contributed by atoms with Gasteiger partial charge in [-0.15, -0.1) is 11.3 Å². The molecule has 2 heterocycles. The summed E-state index contributed by atoms with van der Waals surface area (Å²) in [6.07, 6.45) is 0. The molecule has 0 fully saturated rings. The number of benzene rings is 2. The molecule has 4 rings (SSSR count). The first-order valence-electron chi connectivity index (χ1n) is 9.16. The number of carbonyl (C=O) groups is 2. The number of hydrogen-bond donors (Lipinski definition) is 0. The van der Waals surface area contributed by atoms with E-state index in [1.54, 1.807) is 31.4 Å². The van der Waals surface area contributed by atoms with Crippen molar-refractivity contribution >= 4 is 34.4 Å². The Morgan fingerprint density at radius 2 is 1.66 bits per heavy atom. The van der Waals surface area contributed by atoms with E-state index in [4.69, 9.17) is 4.74 Å². The maximum Gasteiger partial charge on any atom is 0.282 e. The molecular formula is C23H20N2O3S. The predicted octanol–water partition coefficient (Wildman–Crippen LogP) is 4.17. The van der Waals surface area contributed by atoms with Crippen molar-refractivity contribution in [2.75, 3.05) is 19.1 Å². The first-order chi connectivity index (χ1) is 14.1. The van der Waals surface area contributed by atoms with E-state index in [-0.39, 0.29) is 11.8 Å². The van der Waals surface area contributed by atoms with Crippen LogP contribution in [0.25, 0.3) is 5.57 Å². The van der Waals surface area contributed by atoms with Crippen LogP contribution in [0.15, 0.2) is 77.8 Å². The average molecular weight is 404 g/mol. The maximum atomic E-state index is 13.4. The van der Waals surface area contributed by atoms with Gasteiger partial charge in [0.1, 0.15) is 11.4 Å². The topological polar surface area (TPSA) is 49.9 Å². The molecule has 0 unspecified atom stereocenters. The largest absolute Gasteiger partial charge is 0.497 e. The minimum Gasteiger partial charge on any atom is -0.497 e. The number of carbonyl (C=O) groups excluding carboxylic acids is 2. The van der Waals surface area contributed by atoms with Gasteiger partial charge in [0.2, 0.25) is 0 Å². The van der Waals surface area contributed by atoms with Crippen molar-refractivity contribution in [3.63, 3.8) is 0 Å². The van der Waals surface area contributed by atoms with Crippen LogP contribution >= 0.6 is 11.3 Å². The summed E-state index contributed by atoms with van der Waals surface area (Å²) in [5.41, 5.74) is 2.45. The lowest BCUT2D eigenvalue weighted by Gasteiger charge is -2.21. The molecule has 0 N–H and O–H groups in total. The Bertz CT molecular complexity index is 1060. The Kier molecular flexibility index (Phi) is 5.18. The number of methoxy groups -OCH3 is 1. The summed E-state index contributed by atoms with van der Waals surface area (Å²) in [6, 6.07) is 20.6. The molecule has 1 aromatic heterocycles. The van der Waals surface area contributed by atoms with E-state index in [1.165, 1.54) is 16.2 Å². The highest BCUT2D eigenvalue weighted by atomic mass is 32.1. The van der Waals surface area contributed by atoms with Gasteiger partial charge in [-0.3, -0.25) is 9.59 Å². The van der Waals surface area contributed by atoms with Gasteiger partial charge in [-0.2, -0.15) is 0 Å². The molecular weight excluding hydrogens is 384 g/mol. The average Bonchev–Trinajstić information content (AvgIpc) is 3.35. The molecule has 2 amide bonds. The molecule has 0 atom stereocenters. The summed E-state index contributed by atoms with van der Waals surface area (Å²) in [6.45, 7) is 0.528. The molecule has 3 aromatic rings. The van der Waals surface area contributed by atoms with Crippen LogP contribution in [0.4, 0.5) is 5.69 Å². The molecule has 0 saturated heterocycles. The predicted molar refractivity (Wildman–Crippen MR) is 115 cm³/mol. The molecule has 1 aliphatic heterocycles. The molecule has 29 heavy (non-hydrogen) atoms. The second-order valence-corrected chi connectivity index (χ2v) is 7.63. The van der Waals surface area contributed by atoms with E-state index < -0.39 is 0 Å². The number of ether oxygens (including phenoxy) is 1. The molecule has 146 valence electrons. The van der Waals surface area contributed by atoms with Crippen LogP contribution in [-0.4, -0.2) is 30.9 Å². The number of amides is 2. The monoisotopic (exact) mass is 404 g/mol. The third-order valence-corrected chi connectivity index (χ3v) is 5.69. The quantitative estimate of drug-likeness (QED) is 0.579. The van der Waals surface area contributed by atoms with E-state index in [0.29, 0.717) is 29.3 Å². The first kappa shape index (κ1) is 19.0. The number of hydrogen-bond acceptors (Lipinski definition) is 5. The zero-order valence-corrected chi connectivity index (χ0v) is 17.0. The van der Waals surface area contributed by atoms with E-state index >= 15 is 0 Å². The second-order valence-electron chi connectivity index (χ2n) is 6.69. The van der Waals surface area contributed by atoms with Crippen LogP contribution in [0.2, 0.25) is 0 Å². The van der Waals surface area contributed by atoms with Crippen LogP contribution in [0.5, 0.6) is 5.75 Å². The molecule has 0 spiro atoms. The number of anilines is 1. The van der Waals surface area contributed by atoms with Gasteiger partial charge in [-0.1, -0.05) is 36.4 Å². The van der Waals surface area contributed by atoms with Gasteiger partial charge in [-0.05, 0) is 41.3 Å². The molecule has 0 aliphatic carbocycles. The van der Waals surface area contributed by atoms with Gasteiger partial charge in [0.05, 0.1) is 18.4 Å². The summed E-state index contributed by atoms with van der Waals surface area (Å²) in [7, 11) is 3.42. The zero-order valence-electron chi connectivity index (χ0n) is 16.2. The number of likely N-dealkylation sites (N-methyl/N-ethyl adjacent to an activating group) is 1. The van der Waals surface area contributed by atoms with Crippen molar-refractivity contribution in [1.29, 1.82) is 0 Å². The van der Waals surface area contributed by atoms with Gasteiger partial charge in [0.15, 0.2) is 0 Å². The Balaban J connectivity index is 1.74. The Morgan fingerprint density at radius 1 is 0.931 bits per heavy atom. The minimum absolute atomic E-state index is 0.308. The first-order valence-corrected chi connectivity index (χ1v) is 10.0. The van der Waals surface area contributed by atoms with Gasteiger partial charge >= 0.3 is 0 Å². The van der Waals surface area contributed by atoms with Crippen molar-refractivity contribution in [3.8, 4) is 5.75 Å². The van der Waals surface area contributed by atoms with Crippen LogP contribution in [0, 0.1) is 0 Å². The van der Waals surface area contributed by atoms with Gasteiger partial charge in [0.25, 0.3) is 11.8 Å². The van der Waals surface area contributed by atoms with E-state index in [1.807, 2.05) is 59.8 Å². The summed E-state index contributed by atoms with van der Waals surface area (Å²) in [5, 5.41) is 1.91. The zero-order chi connectivity index (χ0) is 20.4. The summed E-state index contributed by atoms with van der Waals surface area (Å²) >= 11 is 1.45. The second kappa shape index (κ2) is 7.93. The van der Waals surface area contributed by atoms with E-state index in [2.05, 4.69) is 0 Å². The fraction of sp³-hybridized carbons (Fsp3) is 0.130. The minimum atomic E-state index is -0.318. The lowest BCUT2D eigenvalue weighted by atomic mass is 10.1. The van der Waals surface area contributed by atoms with Gasteiger partial charge < -0.3 is 9.64 Å². The Labute approximate surface area is 173 Å². The van der Waals surface area contributed by atoms with Gasteiger partial charge in [-0.25, -0.2) is 4.90 Å². The number of imide groups is 1. The smallest absolute Gasteiger partial charge is 0.282 e. The number of rotatable bonds is 6. The standard InChI is InChI=1S/C23H20N2O3S/c1-24(15-16-7-4-3-5-8-16)21-20(19-9-6-14-29-19)22(26)25(23(21)27)17-10-12-18(28-2)13-11-17/h3-14H,15H2,1-2H3. The lowest BCUT2D eigenvalue weighted by molar-refractivity contribution is -0.120. The van der Waals surface area contributed by atoms with Crippen molar-refractivity contribution in [2.24, 2.45) is 0 Å².